The minimum Gasteiger partial charge on any atom is -0.454 e. The van der Waals surface area contributed by atoms with Crippen molar-refractivity contribution in [2.75, 3.05) is 31.5 Å². The first-order valence-corrected chi connectivity index (χ1v) is 13.3. The molecule has 2 aromatic rings. The van der Waals surface area contributed by atoms with Crippen molar-refractivity contribution >= 4 is 29.0 Å². The molecule has 6 rings (SSSR count). The van der Waals surface area contributed by atoms with Gasteiger partial charge in [-0.15, -0.1) is 0 Å². The Labute approximate surface area is 204 Å². The zero-order valence-electron chi connectivity index (χ0n) is 19.4. The van der Waals surface area contributed by atoms with Crippen LogP contribution in [0.2, 0.25) is 0 Å². The molecule has 1 saturated carbocycles. The zero-order valence-corrected chi connectivity index (χ0v) is 20.2. The number of carbonyl (C=O) groups is 2. The molecule has 3 aliphatic heterocycles. The van der Waals surface area contributed by atoms with Crippen LogP contribution in [0.15, 0.2) is 35.4 Å². The average Bonchev–Trinajstić information content (AvgIpc) is 3.40. The van der Waals surface area contributed by atoms with Crippen LogP contribution < -0.4 is 5.32 Å². The number of nitrogens with zero attached hydrogens (tertiary/aromatic N) is 3. The molecule has 2 bridgehead atoms. The largest absolute Gasteiger partial charge is 0.454 e. The van der Waals surface area contributed by atoms with Crippen molar-refractivity contribution in [2.24, 2.45) is 11.8 Å². The molecular formula is C25H33N4O4S+. The second-order valence-electron chi connectivity index (χ2n) is 10.2. The Balaban J connectivity index is 1.29. The van der Waals surface area contributed by atoms with E-state index in [2.05, 4.69) is 15.3 Å². The highest BCUT2D eigenvalue weighted by molar-refractivity contribution is 7.08. The van der Waals surface area contributed by atoms with Crippen molar-refractivity contribution in [3.05, 3.63) is 41.0 Å². The lowest BCUT2D eigenvalue weighted by molar-refractivity contribution is -0.939. The van der Waals surface area contributed by atoms with Crippen molar-refractivity contribution < 1.29 is 23.9 Å². The lowest BCUT2D eigenvalue weighted by Gasteiger charge is -2.52. The molecule has 8 nitrogen and oxygen atoms in total. The molecule has 34 heavy (non-hydrogen) atoms. The molecule has 4 fully saturated rings. The van der Waals surface area contributed by atoms with Gasteiger partial charge in [-0.25, -0.2) is 14.8 Å². The number of esters is 1. The number of aromatic nitrogens is 2. The summed E-state index contributed by atoms with van der Waals surface area (Å²) in [4.78, 5) is 34.3. The van der Waals surface area contributed by atoms with Gasteiger partial charge >= 0.3 is 5.97 Å². The second kappa shape index (κ2) is 9.71. The molecule has 4 aliphatic rings. The Kier molecular flexibility index (Phi) is 6.68. The summed E-state index contributed by atoms with van der Waals surface area (Å²) < 4.78 is 6.74. The molecule has 3 saturated heterocycles. The molecule has 1 aliphatic carbocycles. The Morgan fingerprint density at radius 1 is 1.18 bits per heavy atom. The Bertz CT molecular complexity index is 988. The zero-order chi connectivity index (χ0) is 23.6. The third-order valence-electron chi connectivity index (χ3n) is 8.10. The van der Waals surface area contributed by atoms with Crippen LogP contribution in [-0.2, 0) is 19.9 Å². The number of thiophene rings is 1. The molecule has 9 heteroatoms. The predicted octanol–water partition coefficient (Wildman–Crippen LogP) is 3.10. The summed E-state index contributed by atoms with van der Waals surface area (Å²) >= 11 is 1.49. The van der Waals surface area contributed by atoms with E-state index in [1.807, 2.05) is 16.8 Å². The minimum absolute atomic E-state index is 0.0962. The van der Waals surface area contributed by atoms with E-state index in [9.17, 15) is 14.7 Å². The standard InChI is InChI=1S/C25H32N4O4S/c30-23(28-22-6-10-26-17-27-22)15-29-11-7-18(8-12-29)21(14-29)33-24(31)25(32,20-9-13-34-16-20)19-4-2-1-3-5-19/h6,9-10,13,16-19,21,32H,1-5,7-8,11-12,14-15H2/p+1/t18?,21-,25?,29?/m0/s1. The number of rotatable bonds is 7. The summed E-state index contributed by atoms with van der Waals surface area (Å²) in [5, 5.41) is 18.4. The Morgan fingerprint density at radius 3 is 2.65 bits per heavy atom. The summed E-state index contributed by atoms with van der Waals surface area (Å²) in [6.45, 7) is 2.72. The number of hydrogen-bond acceptors (Lipinski definition) is 7. The van der Waals surface area contributed by atoms with Gasteiger partial charge < -0.3 is 19.6 Å². The average molecular weight is 486 g/mol. The van der Waals surface area contributed by atoms with Crippen LogP contribution in [0.3, 0.4) is 0 Å². The summed E-state index contributed by atoms with van der Waals surface area (Å²) in [5.74, 6) is 0.0424. The highest BCUT2D eigenvalue weighted by Gasteiger charge is 2.52. The van der Waals surface area contributed by atoms with Crippen LogP contribution in [0.4, 0.5) is 5.82 Å². The highest BCUT2D eigenvalue weighted by atomic mass is 32.1. The number of hydrogen-bond donors (Lipinski definition) is 2. The van der Waals surface area contributed by atoms with Gasteiger partial charge in [-0.05, 0) is 35.7 Å². The van der Waals surface area contributed by atoms with Gasteiger partial charge in [0, 0.05) is 36.4 Å². The number of carbonyl (C=O) groups excluding carboxylic acids is 2. The molecule has 182 valence electrons. The van der Waals surface area contributed by atoms with E-state index in [1.54, 1.807) is 12.3 Å². The predicted molar refractivity (Wildman–Crippen MR) is 128 cm³/mol. The van der Waals surface area contributed by atoms with E-state index in [4.69, 9.17) is 4.74 Å². The van der Waals surface area contributed by atoms with E-state index in [1.165, 1.54) is 17.7 Å². The van der Waals surface area contributed by atoms with Crippen molar-refractivity contribution in [3.63, 3.8) is 0 Å². The normalized spacial score (nSPS) is 28.7. The van der Waals surface area contributed by atoms with Crippen LogP contribution in [-0.4, -0.2) is 63.7 Å². The molecule has 5 heterocycles. The van der Waals surface area contributed by atoms with Gasteiger partial charge in [0.2, 0.25) is 0 Å². The monoisotopic (exact) mass is 485 g/mol. The Hall–Kier alpha value is -2.36. The lowest BCUT2D eigenvalue weighted by Crippen LogP contribution is -2.66. The number of piperidine rings is 3. The smallest absolute Gasteiger partial charge is 0.343 e. The maximum Gasteiger partial charge on any atom is 0.343 e. The molecule has 0 aromatic carbocycles. The van der Waals surface area contributed by atoms with Crippen molar-refractivity contribution in [1.29, 1.82) is 0 Å². The molecule has 2 aromatic heterocycles. The number of nitrogens with one attached hydrogen (secondary N) is 1. The SMILES string of the molecule is O=C(C[N+]12CCC(CC1)[C@@H](OC(=O)C(O)(c1ccsc1)C1CCCCC1)C2)Nc1ccncn1. The maximum atomic E-state index is 13.6. The van der Waals surface area contributed by atoms with Gasteiger partial charge in [0.05, 0.1) is 13.1 Å². The fourth-order valence-corrected chi connectivity index (χ4v) is 6.89. The topological polar surface area (TPSA) is 101 Å². The van der Waals surface area contributed by atoms with Crippen molar-refractivity contribution in [3.8, 4) is 0 Å². The third kappa shape index (κ3) is 4.61. The first-order valence-electron chi connectivity index (χ1n) is 12.4. The lowest BCUT2D eigenvalue weighted by atomic mass is 9.74. The maximum absolute atomic E-state index is 13.6. The number of fused-ring (bicyclic) bond motifs is 3. The van der Waals surface area contributed by atoms with E-state index in [0.717, 1.165) is 58.0 Å². The minimum atomic E-state index is -1.60. The highest BCUT2D eigenvalue weighted by Crippen LogP contribution is 2.43. The van der Waals surface area contributed by atoms with Crippen LogP contribution in [0.1, 0.15) is 50.5 Å². The number of aliphatic hydroxyl groups is 1. The third-order valence-corrected chi connectivity index (χ3v) is 8.78. The quantitative estimate of drug-likeness (QED) is 0.462. The summed E-state index contributed by atoms with van der Waals surface area (Å²) in [7, 11) is 0. The van der Waals surface area contributed by atoms with Crippen LogP contribution >= 0.6 is 11.3 Å². The molecule has 1 unspecified atom stereocenters. The van der Waals surface area contributed by atoms with Crippen LogP contribution in [0, 0.1) is 11.8 Å². The van der Waals surface area contributed by atoms with Crippen molar-refractivity contribution in [2.45, 2.75) is 56.7 Å². The van der Waals surface area contributed by atoms with Gasteiger partial charge in [0.15, 0.2) is 18.2 Å². The van der Waals surface area contributed by atoms with E-state index < -0.39 is 11.6 Å². The second-order valence-corrected chi connectivity index (χ2v) is 10.9. The van der Waals surface area contributed by atoms with E-state index in [0.29, 0.717) is 29.0 Å². The van der Waals surface area contributed by atoms with Gasteiger partial charge in [-0.1, -0.05) is 19.3 Å². The molecular weight excluding hydrogens is 452 g/mol. The van der Waals surface area contributed by atoms with Crippen LogP contribution in [0.5, 0.6) is 0 Å². The summed E-state index contributed by atoms with van der Waals surface area (Å²) in [6, 6.07) is 3.52. The van der Waals surface area contributed by atoms with Crippen molar-refractivity contribution in [1.82, 2.24) is 9.97 Å². The first-order chi connectivity index (χ1) is 16.5. The molecule has 2 atom stereocenters. The van der Waals surface area contributed by atoms with Gasteiger partial charge in [0.25, 0.3) is 5.91 Å². The number of anilines is 1. The summed E-state index contributed by atoms with van der Waals surface area (Å²) in [6.07, 6.45) is 9.41. The van der Waals surface area contributed by atoms with E-state index in [-0.39, 0.29) is 23.8 Å². The first kappa shape index (κ1) is 23.4. The Morgan fingerprint density at radius 2 is 1.97 bits per heavy atom. The molecule has 0 radical (unpaired) electrons. The van der Waals surface area contributed by atoms with E-state index >= 15 is 0 Å². The van der Waals surface area contributed by atoms with Gasteiger partial charge in [-0.3, -0.25) is 4.79 Å². The number of ether oxygens (including phenoxy) is 1. The summed E-state index contributed by atoms with van der Waals surface area (Å²) in [5.41, 5.74) is -0.939. The molecule has 0 spiro atoms. The van der Waals surface area contributed by atoms with Crippen LogP contribution in [0.25, 0.3) is 0 Å². The fourth-order valence-electron chi connectivity index (χ4n) is 6.18. The number of amides is 1. The molecule has 1 amide bonds. The fraction of sp³-hybridized carbons (Fsp3) is 0.600. The van der Waals surface area contributed by atoms with Gasteiger partial charge in [-0.2, -0.15) is 11.3 Å². The van der Waals surface area contributed by atoms with Gasteiger partial charge in [0.1, 0.15) is 18.7 Å². The number of quaternary nitrogens is 1. The molecule has 2 N–H and O–H groups in total.